The van der Waals surface area contributed by atoms with Gasteiger partial charge in [-0.25, -0.2) is 4.98 Å². The molecule has 0 aliphatic heterocycles. The van der Waals surface area contributed by atoms with Crippen molar-refractivity contribution in [3.05, 3.63) is 34.7 Å². The summed E-state index contributed by atoms with van der Waals surface area (Å²) in [5, 5.41) is 15.0. The summed E-state index contributed by atoms with van der Waals surface area (Å²) < 4.78 is 0. The zero-order chi connectivity index (χ0) is 20.0. The summed E-state index contributed by atoms with van der Waals surface area (Å²) in [6.45, 7) is 6.30. The molecule has 1 N–H and O–H groups in total. The summed E-state index contributed by atoms with van der Waals surface area (Å²) in [5.74, 6) is -1.77. The Hall–Kier alpha value is -2.21. The average Bonchev–Trinajstić information content (AvgIpc) is 3.35. The fourth-order valence-corrected chi connectivity index (χ4v) is 5.78. The van der Waals surface area contributed by atoms with Crippen LogP contribution in [0.15, 0.2) is 24.3 Å². The summed E-state index contributed by atoms with van der Waals surface area (Å²) >= 11 is 1.43. The molecular weight excluding hydrogens is 372 g/mol. The number of nitrogens with zero attached hydrogens (tertiary/aromatic N) is 1. The number of aliphatic carboxylic acids is 1. The Labute approximate surface area is 169 Å². The number of benzene rings is 1. The van der Waals surface area contributed by atoms with Gasteiger partial charge in [-0.2, -0.15) is 0 Å². The van der Waals surface area contributed by atoms with E-state index >= 15 is 0 Å². The fourth-order valence-electron chi connectivity index (χ4n) is 4.94. The Kier molecular flexibility index (Phi) is 5.00. The number of carbonyl (C=O) groups is 2. The van der Waals surface area contributed by atoms with Crippen LogP contribution in [0.4, 0.5) is 5.13 Å². The van der Waals surface area contributed by atoms with E-state index in [4.69, 9.17) is 0 Å². The first kappa shape index (κ1) is 19.1. The lowest BCUT2D eigenvalue weighted by atomic mass is 9.79. The minimum atomic E-state index is -1.09. The van der Waals surface area contributed by atoms with Crippen LogP contribution in [0.25, 0.3) is 11.3 Å². The van der Waals surface area contributed by atoms with Gasteiger partial charge in [-0.05, 0) is 49.5 Å². The van der Waals surface area contributed by atoms with Crippen LogP contribution in [0.2, 0.25) is 0 Å². The van der Waals surface area contributed by atoms with Gasteiger partial charge >= 0.3 is 0 Å². The van der Waals surface area contributed by atoms with Crippen molar-refractivity contribution in [1.29, 1.82) is 0 Å². The van der Waals surface area contributed by atoms with Crippen LogP contribution in [0.5, 0.6) is 0 Å². The molecule has 2 saturated carbocycles. The standard InChI is InChI=1S/C22H26N2O3S/c1-11(2)13-4-6-14(7-5-13)19-12(3)28-22(23-19)24-20(25)17-15-8-9-16(10-15)18(17)21(26)27/h4-7,11,15-18H,8-10H2,1-3H3,(H,26,27)(H,23,24,25)/p-1/t15-,16-,17-,18-/m0/s1. The van der Waals surface area contributed by atoms with E-state index in [-0.39, 0.29) is 17.7 Å². The zero-order valence-corrected chi connectivity index (χ0v) is 17.2. The van der Waals surface area contributed by atoms with Crippen molar-refractivity contribution in [2.45, 2.75) is 46.0 Å². The molecular formula is C22H25N2O3S-. The van der Waals surface area contributed by atoms with Gasteiger partial charge in [0.2, 0.25) is 5.91 Å². The van der Waals surface area contributed by atoms with Gasteiger partial charge < -0.3 is 15.2 Å². The van der Waals surface area contributed by atoms with Crippen LogP contribution in [0.1, 0.15) is 49.5 Å². The molecule has 1 amide bonds. The van der Waals surface area contributed by atoms with Gasteiger partial charge in [0.1, 0.15) is 0 Å². The Morgan fingerprint density at radius 1 is 1.14 bits per heavy atom. The predicted octanol–water partition coefficient (Wildman–Crippen LogP) is 3.59. The highest BCUT2D eigenvalue weighted by atomic mass is 32.1. The SMILES string of the molecule is Cc1sc(NC(=O)[C@H]2[C@H]3CC[C@@H](C3)[C@@H]2C(=O)[O-])nc1-c1ccc(C(C)C)cc1. The zero-order valence-electron chi connectivity index (χ0n) is 16.4. The van der Waals surface area contributed by atoms with Crippen molar-refractivity contribution in [1.82, 2.24) is 4.98 Å². The molecule has 5 nitrogen and oxygen atoms in total. The molecule has 0 unspecified atom stereocenters. The number of thiazole rings is 1. The lowest BCUT2D eigenvalue weighted by Crippen LogP contribution is -2.43. The Balaban J connectivity index is 1.52. The monoisotopic (exact) mass is 397 g/mol. The molecule has 4 atom stereocenters. The Morgan fingerprint density at radius 2 is 1.79 bits per heavy atom. The molecule has 0 spiro atoms. The maximum Gasteiger partial charge on any atom is 0.230 e. The molecule has 6 heteroatoms. The molecule has 1 heterocycles. The number of amides is 1. The second-order valence-electron chi connectivity index (χ2n) is 8.39. The van der Waals surface area contributed by atoms with E-state index in [2.05, 4.69) is 48.4 Å². The van der Waals surface area contributed by atoms with Crippen LogP contribution < -0.4 is 10.4 Å². The van der Waals surface area contributed by atoms with E-state index in [9.17, 15) is 14.7 Å². The molecule has 148 valence electrons. The maximum atomic E-state index is 12.9. The van der Waals surface area contributed by atoms with E-state index in [0.29, 0.717) is 11.0 Å². The minimum Gasteiger partial charge on any atom is -0.550 e. The first-order chi connectivity index (χ1) is 13.3. The summed E-state index contributed by atoms with van der Waals surface area (Å²) in [4.78, 5) is 30.1. The van der Waals surface area contributed by atoms with Crippen LogP contribution in [-0.2, 0) is 9.59 Å². The predicted molar refractivity (Wildman–Crippen MR) is 108 cm³/mol. The molecule has 0 saturated heterocycles. The molecule has 2 aliphatic carbocycles. The molecule has 2 aliphatic rings. The third-order valence-electron chi connectivity index (χ3n) is 6.37. The maximum absolute atomic E-state index is 12.9. The van der Waals surface area contributed by atoms with Crippen LogP contribution in [0.3, 0.4) is 0 Å². The number of aryl methyl sites for hydroxylation is 1. The number of aromatic nitrogens is 1. The van der Waals surface area contributed by atoms with Gasteiger partial charge in [0, 0.05) is 28.2 Å². The topological polar surface area (TPSA) is 82.1 Å². The number of hydrogen-bond acceptors (Lipinski definition) is 5. The van der Waals surface area contributed by atoms with Gasteiger partial charge in [0.25, 0.3) is 0 Å². The number of carboxylic acids is 1. The van der Waals surface area contributed by atoms with E-state index in [1.807, 2.05) is 6.92 Å². The van der Waals surface area contributed by atoms with Crippen molar-refractivity contribution in [3.8, 4) is 11.3 Å². The third-order valence-corrected chi connectivity index (χ3v) is 7.26. The van der Waals surface area contributed by atoms with Gasteiger partial charge in [-0.3, -0.25) is 4.79 Å². The number of rotatable bonds is 5. The Morgan fingerprint density at radius 3 is 2.39 bits per heavy atom. The number of hydrogen-bond donors (Lipinski definition) is 1. The highest BCUT2D eigenvalue weighted by molar-refractivity contribution is 7.16. The lowest BCUT2D eigenvalue weighted by molar-refractivity contribution is -0.314. The molecule has 0 radical (unpaired) electrons. The summed E-state index contributed by atoms with van der Waals surface area (Å²) in [7, 11) is 0. The molecule has 28 heavy (non-hydrogen) atoms. The van der Waals surface area contributed by atoms with Crippen molar-refractivity contribution in [2.75, 3.05) is 5.32 Å². The number of fused-ring (bicyclic) bond motifs is 2. The second kappa shape index (κ2) is 7.32. The molecule has 1 aromatic carbocycles. The first-order valence-corrected chi connectivity index (χ1v) is 10.8. The van der Waals surface area contributed by atoms with Crippen LogP contribution in [0, 0.1) is 30.6 Å². The average molecular weight is 398 g/mol. The molecule has 1 aromatic heterocycles. The van der Waals surface area contributed by atoms with Crippen molar-refractivity contribution in [3.63, 3.8) is 0 Å². The molecule has 2 bridgehead atoms. The normalized spacial score (nSPS) is 26.0. The third kappa shape index (κ3) is 3.34. The summed E-state index contributed by atoms with van der Waals surface area (Å²) in [5.41, 5.74) is 3.15. The van der Waals surface area contributed by atoms with Crippen LogP contribution in [-0.4, -0.2) is 16.9 Å². The second-order valence-corrected chi connectivity index (χ2v) is 9.60. The van der Waals surface area contributed by atoms with E-state index in [1.54, 1.807) is 0 Å². The van der Waals surface area contributed by atoms with Gasteiger partial charge in [0.05, 0.1) is 5.69 Å². The highest BCUT2D eigenvalue weighted by Crippen LogP contribution is 2.52. The van der Waals surface area contributed by atoms with E-state index < -0.39 is 17.8 Å². The Bertz CT molecular complexity index is 903. The number of anilines is 1. The van der Waals surface area contributed by atoms with Gasteiger partial charge in [0.15, 0.2) is 5.13 Å². The number of nitrogens with one attached hydrogen (secondary N) is 1. The van der Waals surface area contributed by atoms with Gasteiger partial charge in [-0.15, -0.1) is 11.3 Å². The van der Waals surface area contributed by atoms with Gasteiger partial charge in [-0.1, -0.05) is 38.1 Å². The smallest absolute Gasteiger partial charge is 0.230 e. The summed E-state index contributed by atoms with van der Waals surface area (Å²) in [6.07, 6.45) is 2.64. The van der Waals surface area contributed by atoms with E-state index in [0.717, 1.165) is 35.4 Å². The van der Waals surface area contributed by atoms with Crippen molar-refractivity contribution < 1.29 is 14.7 Å². The lowest BCUT2D eigenvalue weighted by Gasteiger charge is -2.30. The summed E-state index contributed by atoms with van der Waals surface area (Å²) in [6, 6.07) is 8.34. The quantitative estimate of drug-likeness (QED) is 0.836. The van der Waals surface area contributed by atoms with Crippen molar-refractivity contribution in [2.24, 2.45) is 23.7 Å². The number of carbonyl (C=O) groups excluding carboxylic acids is 2. The fraction of sp³-hybridized carbons (Fsp3) is 0.500. The van der Waals surface area contributed by atoms with E-state index in [1.165, 1.54) is 16.9 Å². The van der Waals surface area contributed by atoms with Crippen molar-refractivity contribution >= 4 is 28.3 Å². The molecule has 4 rings (SSSR count). The molecule has 2 aromatic rings. The minimum absolute atomic E-state index is 0.0822. The van der Waals surface area contributed by atoms with Crippen LogP contribution >= 0.6 is 11.3 Å². The highest BCUT2D eigenvalue weighted by Gasteiger charge is 2.51. The number of carboxylic acid groups (broad SMARTS) is 1. The largest absolute Gasteiger partial charge is 0.550 e. The first-order valence-electron chi connectivity index (χ1n) is 9.94. The molecule has 2 fully saturated rings.